The highest BCUT2D eigenvalue weighted by Crippen LogP contribution is 2.10. The van der Waals surface area contributed by atoms with Crippen LogP contribution in [0.4, 0.5) is 0 Å². The molecule has 12 heavy (non-hydrogen) atoms. The molecule has 0 saturated heterocycles. The number of furan rings is 1. The summed E-state index contributed by atoms with van der Waals surface area (Å²) in [6.07, 6.45) is 1.94. The van der Waals surface area contributed by atoms with E-state index >= 15 is 0 Å². The Balaban J connectivity index is 2.54. The molecule has 1 atom stereocenters. The van der Waals surface area contributed by atoms with E-state index in [1.54, 1.807) is 12.1 Å². The van der Waals surface area contributed by atoms with Crippen molar-refractivity contribution < 1.29 is 14.3 Å². The van der Waals surface area contributed by atoms with Crippen LogP contribution in [0.1, 0.15) is 5.76 Å². The van der Waals surface area contributed by atoms with Gasteiger partial charge in [-0.15, -0.1) is 0 Å². The Morgan fingerprint density at radius 1 is 1.75 bits per heavy atom. The van der Waals surface area contributed by atoms with Gasteiger partial charge in [-0.1, -0.05) is 0 Å². The highest BCUT2D eigenvalue weighted by molar-refractivity contribution is 7.80. The molecule has 3 nitrogen and oxygen atoms in total. The molecule has 4 heteroatoms. The average Bonchev–Trinajstić information content (AvgIpc) is 2.51. The van der Waals surface area contributed by atoms with Crippen molar-refractivity contribution in [1.82, 2.24) is 0 Å². The average molecular weight is 186 g/mol. The molecule has 0 bridgehead atoms. The summed E-state index contributed by atoms with van der Waals surface area (Å²) in [4.78, 5) is 10.6. The third kappa shape index (κ3) is 2.30. The van der Waals surface area contributed by atoms with E-state index in [0.717, 1.165) is 0 Å². The monoisotopic (exact) mass is 186 g/mol. The maximum Gasteiger partial charge on any atom is 0.307 e. The maximum atomic E-state index is 10.6. The summed E-state index contributed by atoms with van der Waals surface area (Å²) < 4.78 is 5.02. The summed E-state index contributed by atoms with van der Waals surface area (Å²) in [7, 11) is 0. The van der Waals surface area contributed by atoms with Crippen LogP contribution in [0.25, 0.3) is 0 Å². The largest absolute Gasteiger partial charge is 0.481 e. The van der Waals surface area contributed by atoms with E-state index in [4.69, 9.17) is 9.52 Å². The first-order chi connectivity index (χ1) is 5.74. The van der Waals surface area contributed by atoms with Gasteiger partial charge in [-0.05, 0) is 12.1 Å². The fraction of sp³-hybridized carbons (Fsp3) is 0.375. The van der Waals surface area contributed by atoms with Crippen LogP contribution in [0.5, 0.6) is 0 Å². The van der Waals surface area contributed by atoms with Gasteiger partial charge in [-0.25, -0.2) is 0 Å². The van der Waals surface area contributed by atoms with E-state index in [1.807, 2.05) is 0 Å². The maximum absolute atomic E-state index is 10.6. The number of thiol groups is 1. The summed E-state index contributed by atoms with van der Waals surface area (Å²) in [6, 6.07) is 3.51. The third-order valence-corrected chi connectivity index (χ3v) is 2.04. The van der Waals surface area contributed by atoms with Crippen LogP contribution in [-0.2, 0) is 11.2 Å². The first kappa shape index (κ1) is 9.19. The Morgan fingerprint density at radius 2 is 2.50 bits per heavy atom. The van der Waals surface area contributed by atoms with Crippen molar-refractivity contribution in [3.05, 3.63) is 24.2 Å². The van der Waals surface area contributed by atoms with Crippen molar-refractivity contribution in [3.8, 4) is 0 Å². The van der Waals surface area contributed by atoms with E-state index in [1.165, 1.54) is 6.26 Å². The Bertz CT molecular complexity index is 243. The molecule has 1 rings (SSSR count). The van der Waals surface area contributed by atoms with Crippen LogP contribution >= 0.6 is 12.6 Å². The minimum absolute atomic E-state index is 0.329. The van der Waals surface area contributed by atoms with Gasteiger partial charge in [0.15, 0.2) is 0 Å². The van der Waals surface area contributed by atoms with E-state index < -0.39 is 11.9 Å². The van der Waals surface area contributed by atoms with E-state index in [-0.39, 0.29) is 0 Å². The van der Waals surface area contributed by atoms with Crippen molar-refractivity contribution in [1.29, 1.82) is 0 Å². The van der Waals surface area contributed by atoms with E-state index in [0.29, 0.717) is 17.9 Å². The molecule has 1 heterocycles. The van der Waals surface area contributed by atoms with Gasteiger partial charge in [0.2, 0.25) is 0 Å². The zero-order valence-corrected chi connectivity index (χ0v) is 7.33. The third-order valence-electron chi connectivity index (χ3n) is 1.60. The molecular weight excluding hydrogens is 176 g/mol. The molecule has 1 N–H and O–H groups in total. The van der Waals surface area contributed by atoms with Crippen LogP contribution in [0, 0.1) is 5.92 Å². The smallest absolute Gasteiger partial charge is 0.307 e. The van der Waals surface area contributed by atoms with Crippen molar-refractivity contribution in [2.75, 3.05) is 5.75 Å². The summed E-state index contributed by atoms with van der Waals surface area (Å²) in [5.74, 6) is -0.270. The first-order valence-electron chi connectivity index (χ1n) is 3.60. The molecule has 0 fully saturated rings. The molecular formula is C8H10O3S. The predicted octanol–water partition coefficient (Wildman–Crippen LogP) is 1.45. The minimum Gasteiger partial charge on any atom is -0.481 e. The van der Waals surface area contributed by atoms with Gasteiger partial charge in [-0.2, -0.15) is 12.6 Å². The summed E-state index contributed by atoms with van der Waals surface area (Å²) in [5, 5.41) is 8.68. The minimum atomic E-state index is -0.832. The van der Waals surface area contributed by atoms with Gasteiger partial charge < -0.3 is 9.52 Å². The topological polar surface area (TPSA) is 50.4 Å². The molecule has 0 aliphatic heterocycles. The molecule has 0 aromatic carbocycles. The molecule has 1 unspecified atom stereocenters. The fourth-order valence-electron chi connectivity index (χ4n) is 0.902. The van der Waals surface area contributed by atoms with Crippen LogP contribution < -0.4 is 0 Å². The van der Waals surface area contributed by atoms with E-state index in [2.05, 4.69) is 12.6 Å². The molecule has 1 aromatic heterocycles. The van der Waals surface area contributed by atoms with Crippen LogP contribution in [-0.4, -0.2) is 16.8 Å². The lowest BCUT2D eigenvalue weighted by Crippen LogP contribution is -2.17. The lowest BCUT2D eigenvalue weighted by molar-refractivity contribution is -0.140. The number of rotatable bonds is 4. The molecule has 0 aliphatic carbocycles. The molecule has 0 radical (unpaired) electrons. The summed E-state index contributed by atoms with van der Waals surface area (Å²) in [5.41, 5.74) is 0. The summed E-state index contributed by atoms with van der Waals surface area (Å²) in [6.45, 7) is 0. The summed E-state index contributed by atoms with van der Waals surface area (Å²) >= 11 is 3.94. The van der Waals surface area contributed by atoms with Gasteiger partial charge in [-0.3, -0.25) is 4.79 Å². The second kappa shape index (κ2) is 4.21. The Hall–Kier alpha value is -0.900. The van der Waals surface area contributed by atoms with Crippen LogP contribution in [0.2, 0.25) is 0 Å². The van der Waals surface area contributed by atoms with Crippen LogP contribution in [0.3, 0.4) is 0 Å². The standard InChI is InChI=1S/C8H10O3S/c9-8(10)6(5-12)4-7-2-1-3-11-7/h1-3,6,12H,4-5H2,(H,9,10). The quantitative estimate of drug-likeness (QED) is 0.700. The van der Waals surface area contributed by atoms with Gasteiger partial charge in [0.25, 0.3) is 0 Å². The SMILES string of the molecule is O=C(O)C(CS)Cc1ccco1. The number of carboxylic acids is 1. The van der Waals surface area contributed by atoms with Crippen molar-refractivity contribution >= 4 is 18.6 Å². The van der Waals surface area contributed by atoms with Crippen molar-refractivity contribution in [3.63, 3.8) is 0 Å². The predicted molar refractivity (Wildman–Crippen MR) is 47.4 cm³/mol. The van der Waals surface area contributed by atoms with Crippen molar-refractivity contribution in [2.24, 2.45) is 5.92 Å². The first-order valence-corrected chi connectivity index (χ1v) is 4.23. The molecule has 0 aliphatic rings. The number of carboxylic acid groups (broad SMARTS) is 1. The highest BCUT2D eigenvalue weighted by atomic mass is 32.1. The highest BCUT2D eigenvalue weighted by Gasteiger charge is 2.16. The van der Waals surface area contributed by atoms with Gasteiger partial charge in [0, 0.05) is 12.2 Å². The molecule has 0 saturated carbocycles. The van der Waals surface area contributed by atoms with Gasteiger partial charge in [0.1, 0.15) is 5.76 Å². The Kier molecular flexibility index (Phi) is 3.22. The lowest BCUT2D eigenvalue weighted by Gasteiger charge is -2.05. The number of carbonyl (C=O) groups is 1. The molecule has 66 valence electrons. The van der Waals surface area contributed by atoms with Gasteiger partial charge >= 0.3 is 5.97 Å². The molecule has 0 amide bonds. The normalized spacial score (nSPS) is 12.8. The Morgan fingerprint density at radius 3 is 2.92 bits per heavy atom. The molecule has 0 spiro atoms. The molecule has 1 aromatic rings. The lowest BCUT2D eigenvalue weighted by atomic mass is 10.1. The van der Waals surface area contributed by atoms with Gasteiger partial charge in [0.05, 0.1) is 12.2 Å². The Labute approximate surface area is 75.8 Å². The zero-order valence-electron chi connectivity index (χ0n) is 6.43. The van der Waals surface area contributed by atoms with Crippen molar-refractivity contribution in [2.45, 2.75) is 6.42 Å². The second-order valence-corrected chi connectivity index (χ2v) is 2.87. The fourth-order valence-corrected chi connectivity index (χ4v) is 1.19. The number of aliphatic carboxylic acids is 1. The van der Waals surface area contributed by atoms with Crippen LogP contribution in [0.15, 0.2) is 22.8 Å². The second-order valence-electron chi connectivity index (χ2n) is 2.50. The zero-order chi connectivity index (χ0) is 8.97. The van der Waals surface area contributed by atoms with E-state index in [9.17, 15) is 4.79 Å². The number of hydrogen-bond donors (Lipinski definition) is 2. The number of hydrogen-bond acceptors (Lipinski definition) is 3.